The van der Waals surface area contributed by atoms with Crippen LogP contribution in [0.4, 0.5) is 17.1 Å². The molecule has 10 aromatic carbocycles. The van der Waals surface area contributed by atoms with E-state index in [1.54, 1.807) is 0 Å². The zero-order valence-electron chi connectivity index (χ0n) is 33.1. The number of anilines is 3. The van der Waals surface area contributed by atoms with Crippen LogP contribution in [0.3, 0.4) is 0 Å². The Morgan fingerprint density at radius 2 is 0.733 bits per heavy atom. The van der Waals surface area contributed by atoms with E-state index < -0.39 is 5.41 Å². The Hall–Kier alpha value is -7.74. The summed E-state index contributed by atoms with van der Waals surface area (Å²) in [4.78, 5) is 2.50. The lowest BCUT2D eigenvalue weighted by Gasteiger charge is -2.34. The standard InChI is InChI=1S/C59H41N/c1-4-18-42(19-5-1)43-34-36-44(37-35-43)45-38-40-49(41-39-45)60(56-32-15-13-27-52(56)51-29-16-21-46-20-10-11-26-50(46)51)57-33-17-31-55-58(57)53-28-12-14-30-54(53)59(55,47-22-6-2-7-23-47)48-24-8-3-9-25-48/h1-41H. The zero-order chi connectivity index (χ0) is 39.9. The summed E-state index contributed by atoms with van der Waals surface area (Å²) in [7, 11) is 0. The van der Waals surface area contributed by atoms with Gasteiger partial charge in [-0.3, -0.25) is 0 Å². The predicted octanol–water partition coefficient (Wildman–Crippen LogP) is 15.7. The van der Waals surface area contributed by atoms with Gasteiger partial charge in [0.15, 0.2) is 0 Å². The number of para-hydroxylation sites is 1. The van der Waals surface area contributed by atoms with Gasteiger partial charge in [0.05, 0.1) is 16.8 Å². The highest BCUT2D eigenvalue weighted by Gasteiger charge is 2.47. The van der Waals surface area contributed by atoms with Crippen LogP contribution in [0.5, 0.6) is 0 Å². The third-order valence-electron chi connectivity index (χ3n) is 12.4. The van der Waals surface area contributed by atoms with E-state index in [0.29, 0.717) is 0 Å². The molecule has 0 saturated carbocycles. The molecule has 0 heterocycles. The normalized spacial score (nSPS) is 12.5. The van der Waals surface area contributed by atoms with Crippen LogP contribution >= 0.6 is 0 Å². The number of benzene rings is 10. The summed E-state index contributed by atoms with van der Waals surface area (Å²) in [5.41, 5.74) is 17.6. The van der Waals surface area contributed by atoms with Crippen LogP contribution in [-0.2, 0) is 5.41 Å². The van der Waals surface area contributed by atoms with Gasteiger partial charge in [0.25, 0.3) is 0 Å². The topological polar surface area (TPSA) is 3.24 Å². The molecule has 0 amide bonds. The van der Waals surface area contributed by atoms with Gasteiger partial charge in [-0.25, -0.2) is 0 Å². The van der Waals surface area contributed by atoms with Gasteiger partial charge in [-0.2, -0.15) is 0 Å². The van der Waals surface area contributed by atoms with Crippen LogP contribution < -0.4 is 4.90 Å². The monoisotopic (exact) mass is 763 g/mol. The van der Waals surface area contributed by atoms with Gasteiger partial charge < -0.3 is 4.90 Å². The number of hydrogen-bond donors (Lipinski definition) is 0. The van der Waals surface area contributed by atoms with E-state index in [9.17, 15) is 0 Å². The van der Waals surface area contributed by atoms with Gasteiger partial charge in [0.2, 0.25) is 0 Å². The van der Waals surface area contributed by atoms with E-state index >= 15 is 0 Å². The van der Waals surface area contributed by atoms with Crippen LogP contribution in [-0.4, -0.2) is 0 Å². The van der Waals surface area contributed by atoms with Crippen molar-refractivity contribution in [3.63, 3.8) is 0 Å². The minimum Gasteiger partial charge on any atom is -0.309 e. The first-order chi connectivity index (χ1) is 29.8. The van der Waals surface area contributed by atoms with Crippen molar-refractivity contribution in [1.29, 1.82) is 0 Å². The highest BCUT2D eigenvalue weighted by Crippen LogP contribution is 2.60. The number of nitrogens with zero attached hydrogens (tertiary/aromatic N) is 1. The molecule has 10 aromatic rings. The van der Waals surface area contributed by atoms with Crippen molar-refractivity contribution in [3.8, 4) is 44.5 Å². The fourth-order valence-corrected chi connectivity index (χ4v) is 9.71. The first kappa shape index (κ1) is 35.4. The molecular formula is C59H41N. The van der Waals surface area contributed by atoms with Crippen molar-refractivity contribution >= 4 is 27.8 Å². The average molecular weight is 764 g/mol. The molecule has 0 atom stereocenters. The molecule has 0 aliphatic heterocycles. The van der Waals surface area contributed by atoms with Gasteiger partial charge in [-0.15, -0.1) is 0 Å². The van der Waals surface area contributed by atoms with Crippen molar-refractivity contribution in [2.24, 2.45) is 0 Å². The fraction of sp³-hybridized carbons (Fsp3) is 0.0169. The minimum atomic E-state index is -0.513. The zero-order valence-corrected chi connectivity index (χ0v) is 33.1. The third kappa shape index (κ3) is 5.78. The maximum absolute atomic E-state index is 2.50. The van der Waals surface area contributed by atoms with E-state index in [1.165, 1.54) is 77.5 Å². The van der Waals surface area contributed by atoms with Crippen molar-refractivity contribution in [2.45, 2.75) is 5.41 Å². The molecule has 11 rings (SSSR count). The molecule has 1 aliphatic carbocycles. The maximum Gasteiger partial charge on any atom is 0.0714 e. The maximum atomic E-state index is 2.50. The van der Waals surface area contributed by atoms with Gasteiger partial charge in [-0.05, 0) is 90.7 Å². The molecule has 0 aromatic heterocycles. The van der Waals surface area contributed by atoms with Crippen molar-refractivity contribution < 1.29 is 0 Å². The van der Waals surface area contributed by atoms with Gasteiger partial charge in [-0.1, -0.05) is 224 Å². The smallest absolute Gasteiger partial charge is 0.0714 e. The summed E-state index contributed by atoms with van der Waals surface area (Å²) in [6.45, 7) is 0. The van der Waals surface area contributed by atoms with Crippen LogP contribution in [0.2, 0.25) is 0 Å². The van der Waals surface area contributed by atoms with Crippen molar-refractivity contribution in [1.82, 2.24) is 0 Å². The second kappa shape index (κ2) is 14.9. The molecule has 282 valence electrons. The summed E-state index contributed by atoms with van der Waals surface area (Å²) < 4.78 is 0. The van der Waals surface area contributed by atoms with Gasteiger partial charge in [0.1, 0.15) is 0 Å². The number of hydrogen-bond acceptors (Lipinski definition) is 1. The Morgan fingerprint density at radius 1 is 0.283 bits per heavy atom. The molecule has 0 radical (unpaired) electrons. The molecule has 0 unspecified atom stereocenters. The fourth-order valence-electron chi connectivity index (χ4n) is 9.71. The molecule has 1 heteroatoms. The van der Waals surface area contributed by atoms with E-state index in [4.69, 9.17) is 0 Å². The first-order valence-corrected chi connectivity index (χ1v) is 20.8. The Kier molecular flexibility index (Phi) is 8.79. The molecule has 0 bridgehead atoms. The second-order valence-corrected chi connectivity index (χ2v) is 15.6. The van der Waals surface area contributed by atoms with E-state index in [0.717, 1.165) is 17.1 Å². The Bertz CT molecular complexity index is 3070. The third-order valence-corrected chi connectivity index (χ3v) is 12.4. The molecular weight excluding hydrogens is 723 g/mol. The largest absolute Gasteiger partial charge is 0.309 e. The second-order valence-electron chi connectivity index (χ2n) is 15.6. The summed E-state index contributed by atoms with van der Waals surface area (Å²) >= 11 is 0. The van der Waals surface area contributed by atoms with Crippen LogP contribution in [0.1, 0.15) is 22.3 Å². The lowest BCUT2D eigenvalue weighted by atomic mass is 9.68. The lowest BCUT2D eigenvalue weighted by Crippen LogP contribution is -2.28. The summed E-state index contributed by atoms with van der Waals surface area (Å²) in [5, 5.41) is 2.46. The SMILES string of the molecule is c1ccc(-c2ccc(-c3ccc(N(c4ccccc4-c4cccc5ccccc45)c4cccc5c4-c4ccccc4C5(c4ccccc4)c4ccccc4)cc3)cc2)cc1. The molecule has 0 fully saturated rings. The van der Waals surface area contributed by atoms with Crippen LogP contribution in [0.15, 0.2) is 249 Å². The van der Waals surface area contributed by atoms with Crippen LogP contribution in [0, 0.1) is 0 Å². The Balaban J connectivity index is 1.15. The van der Waals surface area contributed by atoms with Gasteiger partial charge in [0, 0.05) is 16.8 Å². The Morgan fingerprint density at radius 3 is 1.42 bits per heavy atom. The molecule has 0 spiro atoms. The summed E-state index contributed by atoms with van der Waals surface area (Å²) in [6, 6.07) is 91.0. The van der Waals surface area contributed by atoms with Crippen molar-refractivity contribution in [3.05, 3.63) is 271 Å². The van der Waals surface area contributed by atoms with Crippen molar-refractivity contribution in [2.75, 3.05) is 4.90 Å². The van der Waals surface area contributed by atoms with Crippen LogP contribution in [0.25, 0.3) is 55.3 Å². The number of fused-ring (bicyclic) bond motifs is 4. The molecule has 1 aliphatic rings. The first-order valence-electron chi connectivity index (χ1n) is 20.8. The summed E-state index contributed by atoms with van der Waals surface area (Å²) in [5.74, 6) is 0. The average Bonchev–Trinajstić information content (AvgIpc) is 3.64. The predicted molar refractivity (Wildman–Crippen MR) is 252 cm³/mol. The molecule has 1 nitrogen and oxygen atoms in total. The molecule has 0 N–H and O–H groups in total. The van der Waals surface area contributed by atoms with E-state index in [1.807, 2.05) is 0 Å². The minimum absolute atomic E-state index is 0.513. The molecule has 60 heavy (non-hydrogen) atoms. The lowest BCUT2D eigenvalue weighted by molar-refractivity contribution is 0.768. The van der Waals surface area contributed by atoms with E-state index in [2.05, 4.69) is 254 Å². The number of rotatable bonds is 8. The Labute approximate surface area is 352 Å². The summed E-state index contributed by atoms with van der Waals surface area (Å²) in [6.07, 6.45) is 0. The highest BCUT2D eigenvalue weighted by atomic mass is 15.1. The quantitative estimate of drug-likeness (QED) is 0.149. The highest BCUT2D eigenvalue weighted by molar-refractivity contribution is 6.04. The van der Waals surface area contributed by atoms with Gasteiger partial charge >= 0.3 is 0 Å². The molecule has 0 saturated heterocycles. The van der Waals surface area contributed by atoms with E-state index in [-0.39, 0.29) is 0 Å².